The van der Waals surface area contributed by atoms with E-state index in [2.05, 4.69) is 19.8 Å². The van der Waals surface area contributed by atoms with E-state index in [9.17, 15) is 4.79 Å². The summed E-state index contributed by atoms with van der Waals surface area (Å²) in [5.41, 5.74) is -0.336. The number of esters is 1. The van der Waals surface area contributed by atoms with E-state index in [0.717, 1.165) is 52.0 Å². The number of rotatable bonds is 4. The Balaban J connectivity index is 1.06. The molecule has 0 aliphatic carbocycles. The molecule has 6 heterocycles. The summed E-state index contributed by atoms with van der Waals surface area (Å²) in [6, 6.07) is 1.75. The van der Waals surface area contributed by atoms with Gasteiger partial charge in [-0.05, 0) is 25.7 Å². The highest BCUT2D eigenvalue weighted by molar-refractivity contribution is 5.79. The molecule has 162 valence electrons. The van der Waals surface area contributed by atoms with Crippen LogP contribution in [0.5, 0.6) is 5.88 Å². The molecule has 5 aliphatic rings. The van der Waals surface area contributed by atoms with Crippen molar-refractivity contribution in [1.29, 1.82) is 0 Å². The lowest BCUT2D eigenvalue weighted by molar-refractivity contribution is -0.150. The lowest BCUT2D eigenvalue weighted by Gasteiger charge is -2.36. The summed E-state index contributed by atoms with van der Waals surface area (Å²) in [7, 11) is 1.61. The highest BCUT2D eigenvalue weighted by Gasteiger charge is 2.55. The number of aromatic nitrogens is 2. The van der Waals surface area contributed by atoms with Crippen LogP contribution in [0, 0.1) is 17.3 Å². The molecule has 0 saturated carbocycles. The van der Waals surface area contributed by atoms with Crippen LogP contribution in [0.25, 0.3) is 0 Å². The van der Waals surface area contributed by atoms with Crippen LogP contribution in [0.3, 0.4) is 0 Å². The molecule has 8 nitrogen and oxygen atoms in total. The number of carbonyl (C=O) groups excluding carboxylic acids is 1. The Bertz CT molecular complexity index is 809. The van der Waals surface area contributed by atoms with Crippen LogP contribution in [0.2, 0.25) is 0 Å². The van der Waals surface area contributed by atoms with Crippen molar-refractivity contribution in [3.63, 3.8) is 0 Å². The minimum atomic E-state index is -0.336. The number of nitrogens with zero attached hydrogens (tertiary/aromatic N) is 4. The fraction of sp³-hybridized carbons (Fsp3) is 0.773. The first-order chi connectivity index (χ1) is 14.6. The third-order valence-corrected chi connectivity index (χ3v) is 8.15. The van der Waals surface area contributed by atoms with E-state index in [0.29, 0.717) is 35.9 Å². The molecule has 5 aliphatic heterocycles. The van der Waals surface area contributed by atoms with E-state index in [4.69, 9.17) is 14.2 Å². The highest BCUT2D eigenvalue weighted by atomic mass is 16.6. The Hall–Kier alpha value is -1.93. The van der Waals surface area contributed by atoms with Gasteiger partial charge in [0.2, 0.25) is 11.8 Å². The van der Waals surface area contributed by atoms with Crippen molar-refractivity contribution in [2.24, 2.45) is 17.3 Å². The van der Waals surface area contributed by atoms with Crippen molar-refractivity contribution in [3.8, 4) is 5.88 Å². The maximum Gasteiger partial charge on any atom is 0.312 e. The number of hydrogen-bond donors (Lipinski definition) is 0. The second-order valence-corrected chi connectivity index (χ2v) is 9.73. The van der Waals surface area contributed by atoms with Gasteiger partial charge >= 0.3 is 5.97 Å². The molecule has 30 heavy (non-hydrogen) atoms. The van der Waals surface area contributed by atoms with Gasteiger partial charge in [0.1, 0.15) is 6.10 Å². The molecule has 0 N–H and O–H groups in total. The summed E-state index contributed by atoms with van der Waals surface area (Å²) < 4.78 is 17.2. The van der Waals surface area contributed by atoms with Gasteiger partial charge in [-0.1, -0.05) is 0 Å². The van der Waals surface area contributed by atoms with Crippen molar-refractivity contribution >= 4 is 11.9 Å². The average Bonchev–Trinajstić information content (AvgIpc) is 3.52. The Morgan fingerprint density at radius 1 is 1.20 bits per heavy atom. The van der Waals surface area contributed by atoms with Crippen molar-refractivity contribution in [3.05, 3.63) is 12.3 Å². The van der Waals surface area contributed by atoms with Gasteiger partial charge in [-0.3, -0.25) is 9.69 Å². The Kier molecular flexibility index (Phi) is 4.42. The molecule has 1 aromatic rings. The van der Waals surface area contributed by atoms with E-state index < -0.39 is 0 Å². The molecule has 8 heteroatoms. The van der Waals surface area contributed by atoms with Crippen LogP contribution in [0.4, 0.5) is 5.95 Å². The zero-order valence-electron chi connectivity index (χ0n) is 17.5. The molecule has 5 saturated heterocycles. The lowest BCUT2D eigenvalue weighted by Crippen LogP contribution is -2.43. The van der Waals surface area contributed by atoms with E-state index >= 15 is 0 Å². The fourth-order valence-electron chi connectivity index (χ4n) is 6.56. The molecule has 1 spiro atoms. The smallest absolute Gasteiger partial charge is 0.312 e. The first kappa shape index (κ1) is 18.8. The minimum absolute atomic E-state index is 0.00139. The van der Waals surface area contributed by atoms with Gasteiger partial charge in [0.05, 0.1) is 24.7 Å². The number of fused-ring (bicyclic) bond motifs is 5. The molecule has 6 rings (SSSR count). The third-order valence-electron chi connectivity index (χ3n) is 8.15. The molecule has 0 radical (unpaired) electrons. The number of methoxy groups -OCH3 is 1. The number of ether oxygens (including phenoxy) is 3. The van der Waals surface area contributed by atoms with E-state index in [1.165, 1.54) is 12.8 Å². The molecule has 1 aromatic heterocycles. The van der Waals surface area contributed by atoms with Crippen molar-refractivity contribution in [1.82, 2.24) is 14.9 Å². The molecule has 5 fully saturated rings. The monoisotopic (exact) mass is 414 g/mol. The number of carbonyl (C=O) groups is 1. The Morgan fingerprint density at radius 2 is 1.93 bits per heavy atom. The summed E-state index contributed by atoms with van der Waals surface area (Å²) in [4.78, 5) is 26.3. The fourth-order valence-corrected chi connectivity index (χ4v) is 6.56. The Morgan fingerprint density at radius 3 is 2.63 bits per heavy atom. The predicted octanol–water partition coefficient (Wildman–Crippen LogP) is 1.50. The highest BCUT2D eigenvalue weighted by Crippen LogP contribution is 2.48. The van der Waals surface area contributed by atoms with Gasteiger partial charge in [0.15, 0.2) is 0 Å². The lowest BCUT2D eigenvalue weighted by atomic mass is 9.76. The van der Waals surface area contributed by atoms with Crippen molar-refractivity contribution in [2.75, 3.05) is 44.7 Å². The zero-order chi connectivity index (χ0) is 20.3. The third kappa shape index (κ3) is 2.99. The molecule has 0 amide bonds. The normalized spacial score (nSPS) is 37.0. The number of cyclic esters (lactones) is 1. The number of hydrogen-bond acceptors (Lipinski definition) is 8. The first-order valence-corrected chi connectivity index (χ1v) is 11.3. The molecule has 5 atom stereocenters. The molecule has 1 unspecified atom stereocenters. The van der Waals surface area contributed by atoms with Crippen LogP contribution in [-0.2, 0) is 14.3 Å². The topological polar surface area (TPSA) is 77.0 Å². The van der Waals surface area contributed by atoms with E-state index in [-0.39, 0.29) is 17.5 Å². The van der Waals surface area contributed by atoms with Gasteiger partial charge < -0.3 is 19.1 Å². The first-order valence-electron chi connectivity index (χ1n) is 11.3. The van der Waals surface area contributed by atoms with Gasteiger partial charge in [-0.25, -0.2) is 4.98 Å². The van der Waals surface area contributed by atoms with E-state index in [1.54, 1.807) is 19.4 Å². The molecular formula is C22H30N4O4. The molecule has 2 bridgehead atoms. The summed E-state index contributed by atoms with van der Waals surface area (Å²) in [6.45, 7) is 4.62. The van der Waals surface area contributed by atoms with Gasteiger partial charge in [-0.2, -0.15) is 4.98 Å². The number of likely N-dealkylation sites (tertiary alicyclic amines) is 1. The standard InChI is InChI=1S/C22H30N4O4/c1-28-19-4-7-23-21(24-19)26-8-5-22(6-9-26)10-14(29-20(22)27)11-25-12-15-16(13-25)18-3-2-17(15)30-18/h4,7,14-18H,2-3,5-6,8-13H2,1H3/t14?,15-,16+,17+,18-. The minimum Gasteiger partial charge on any atom is -0.481 e. The quantitative estimate of drug-likeness (QED) is 0.686. The number of piperidine rings is 1. The van der Waals surface area contributed by atoms with Crippen LogP contribution >= 0.6 is 0 Å². The summed E-state index contributed by atoms with van der Waals surface area (Å²) >= 11 is 0. The van der Waals surface area contributed by atoms with E-state index in [1.807, 2.05) is 0 Å². The van der Waals surface area contributed by atoms with Gasteiger partial charge in [0.25, 0.3) is 0 Å². The van der Waals surface area contributed by atoms with Gasteiger partial charge in [-0.15, -0.1) is 0 Å². The largest absolute Gasteiger partial charge is 0.481 e. The van der Waals surface area contributed by atoms with Crippen LogP contribution in [-0.4, -0.2) is 79.0 Å². The maximum atomic E-state index is 12.9. The Labute approximate surface area is 176 Å². The number of anilines is 1. The maximum absolute atomic E-state index is 12.9. The van der Waals surface area contributed by atoms with Gasteiger partial charge in [0, 0.05) is 63.2 Å². The van der Waals surface area contributed by atoms with Crippen LogP contribution in [0.15, 0.2) is 12.3 Å². The second-order valence-electron chi connectivity index (χ2n) is 9.73. The zero-order valence-corrected chi connectivity index (χ0v) is 17.5. The average molecular weight is 415 g/mol. The van der Waals surface area contributed by atoms with Crippen molar-refractivity contribution < 1.29 is 19.0 Å². The molecule has 0 aromatic carbocycles. The van der Waals surface area contributed by atoms with Crippen molar-refractivity contribution in [2.45, 2.75) is 50.4 Å². The second kappa shape index (κ2) is 7.05. The summed E-state index contributed by atoms with van der Waals surface area (Å²) in [5, 5.41) is 0. The predicted molar refractivity (Wildman–Crippen MR) is 108 cm³/mol. The summed E-state index contributed by atoms with van der Waals surface area (Å²) in [5.74, 6) is 2.63. The SMILES string of the molecule is COc1ccnc(N2CCC3(CC2)CC(CN2C[C@@H]4[C@H](C2)[C@H]2CC[C@@H]4O2)OC3=O)n1. The molecular weight excluding hydrogens is 384 g/mol. The van der Waals surface area contributed by atoms with Crippen LogP contribution in [0.1, 0.15) is 32.1 Å². The van der Waals surface area contributed by atoms with Crippen LogP contribution < -0.4 is 9.64 Å². The summed E-state index contributed by atoms with van der Waals surface area (Å²) in [6.07, 6.45) is 7.59.